The molecule has 1 aromatic heterocycles. The lowest BCUT2D eigenvalue weighted by atomic mass is 10.2. The van der Waals surface area contributed by atoms with Gasteiger partial charge in [-0.3, -0.25) is 0 Å². The van der Waals surface area contributed by atoms with Gasteiger partial charge in [-0.1, -0.05) is 0 Å². The molecule has 0 fully saturated rings. The summed E-state index contributed by atoms with van der Waals surface area (Å²) < 4.78 is 30.3. The zero-order valence-electron chi connectivity index (χ0n) is 7.78. The first-order valence-electron chi connectivity index (χ1n) is 4.23. The molecule has 4 nitrogen and oxygen atoms in total. The zero-order valence-corrected chi connectivity index (χ0v) is 7.78. The van der Waals surface area contributed by atoms with E-state index in [1.165, 1.54) is 12.1 Å². The van der Waals surface area contributed by atoms with E-state index in [0.717, 1.165) is 12.1 Å². The van der Waals surface area contributed by atoms with E-state index in [9.17, 15) is 13.6 Å². The maximum atomic E-state index is 13.2. The zero-order chi connectivity index (χ0) is 11.7. The van der Waals surface area contributed by atoms with Crippen molar-refractivity contribution in [1.29, 1.82) is 0 Å². The van der Waals surface area contributed by atoms with Gasteiger partial charge in [-0.05, 0) is 18.2 Å². The van der Waals surface area contributed by atoms with Crippen LogP contribution in [0.3, 0.4) is 0 Å². The lowest BCUT2D eigenvalue weighted by molar-refractivity contribution is 0.142. The van der Waals surface area contributed by atoms with Gasteiger partial charge in [0.05, 0.1) is 5.52 Å². The molecule has 1 aromatic carbocycles. The monoisotopic (exact) mass is 225 g/mol. The summed E-state index contributed by atoms with van der Waals surface area (Å²) in [4.78, 5) is 13.9. The number of aromatic nitrogens is 1. The van der Waals surface area contributed by atoms with Gasteiger partial charge < -0.3 is 9.84 Å². The van der Waals surface area contributed by atoms with Crippen LogP contribution >= 0.6 is 0 Å². The molecule has 0 amide bonds. The van der Waals surface area contributed by atoms with Crippen LogP contribution in [0.5, 0.6) is 5.88 Å². The van der Waals surface area contributed by atoms with Crippen molar-refractivity contribution >= 4 is 17.1 Å². The van der Waals surface area contributed by atoms with Crippen LogP contribution < -0.4 is 4.74 Å². The van der Waals surface area contributed by atoms with Gasteiger partial charge in [0.2, 0.25) is 5.88 Å². The van der Waals surface area contributed by atoms with Crippen molar-refractivity contribution in [3.05, 3.63) is 35.9 Å². The van der Waals surface area contributed by atoms with Gasteiger partial charge in [0, 0.05) is 11.5 Å². The molecular formula is C10H5F2NO3. The summed E-state index contributed by atoms with van der Waals surface area (Å²) in [5.74, 6) is -2.20. The number of nitrogens with zero attached hydrogens (tertiary/aromatic N) is 1. The molecule has 0 aliphatic rings. The van der Waals surface area contributed by atoms with E-state index in [-0.39, 0.29) is 16.8 Å². The summed E-state index contributed by atoms with van der Waals surface area (Å²) in [5.41, 5.74) is 0.123. The Bertz CT molecular complexity index is 571. The van der Waals surface area contributed by atoms with E-state index in [1.807, 2.05) is 0 Å². The van der Waals surface area contributed by atoms with Crippen LogP contribution in [-0.4, -0.2) is 16.2 Å². The summed E-state index contributed by atoms with van der Waals surface area (Å²) in [6.07, 6.45) is -1.52. The largest absolute Gasteiger partial charge is 0.512 e. The quantitative estimate of drug-likeness (QED) is 0.757. The third-order valence-electron chi connectivity index (χ3n) is 1.92. The minimum Gasteiger partial charge on any atom is -0.449 e. The van der Waals surface area contributed by atoms with Gasteiger partial charge in [-0.2, -0.15) is 0 Å². The van der Waals surface area contributed by atoms with E-state index in [1.54, 1.807) is 0 Å². The average molecular weight is 225 g/mol. The molecule has 2 aromatic rings. The fourth-order valence-electron chi connectivity index (χ4n) is 1.27. The number of halogens is 2. The topological polar surface area (TPSA) is 59.4 Å². The van der Waals surface area contributed by atoms with Crippen molar-refractivity contribution in [2.24, 2.45) is 0 Å². The SMILES string of the molecule is O=C(O)Oc1ccc2c(F)c(F)ccc2n1. The Morgan fingerprint density at radius 2 is 2.00 bits per heavy atom. The fraction of sp³-hybridized carbons (Fsp3) is 0. The van der Waals surface area contributed by atoms with E-state index < -0.39 is 17.8 Å². The molecule has 0 saturated heterocycles. The van der Waals surface area contributed by atoms with Crippen molar-refractivity contribution in [3.8, 4) is 5.88 Å². The second-order valence-corrected chi connectivity index (χ2v) is 2.95. The Balaban J connectivity index is 2.56. The van der Waals surface area contributed by atoms with Crippen molar-refractivity contribution in [3.63, 3.8) is 0 Å². The Labute approximate surface area is 88.1 Å². The summed E-state index contributed by atoms with van der Waals surface area (Å²) >= 11 is 0. The number of rotatable bonds is 1. The summed E-state index contributed by atoms with van der Waals surface area (Å²) in [7, 11) is 0. The van der Waals surface area contributed by atoms with Crippen LogP contribution in [0, 0.1) is 11.6 Å². The number of fused-ring (bicyclic) bond motifs is 1. The minimum atomic E-state index is -1.52. The van der Waals surface area contributed by atoms with Crippen molar-refractivity contribution < 1.29 is 23.4 Å². The summed E-state index contributed by atoms with van der Waals surface area (Å²) in [5, 5.41) is 8.31. The van der Waals surface area contributed by atoms with Gasteiger partial charge in [-0.15, -0.1) is 0 Å². The lowest BCUT2D eigenvalue weighted by Crippen LogP contribution is -2.04. The fourth-order valence-corrected chi connectivity index (χ4v) is 1.27. The average Bonchev–Trinajstić information content (AvgIpc) is 2.23. The van der Waals surface area contributed by atoms with Gasteiger partial charge in [0.15, 0.2) is 11.6 Å². The number of hydrogen-bond donors (Lipinski definition) is 1. The highest BCUT2D eigenvalue weighted by Crippen LogP contribution is 2.21. The van der Waals surface area contributed by atoms with Gasteiger partial charge in [0.25, 0.3) is 0 Å². The number of pyridine rings is 1. The smallest absolute Gasteiger partial charge is 0.449 e. The summed E-state index contributed by atoms with van der Waals surface area (Å²) in [6, 6.07) is 4.51. The molecule has 0 radical (unpaired) electrons. The first-order valence-corrected chi connectivity index (χ1v) is 4.23. The number of benzene rings is 1. The number of carbonyl (C=O) groups is 1. The van der Waals surface area contributed by atoms with Crippen LogP contribution in [0.15, 0.2) is 24.3 Å². The lowest BCUT2D eigenvalue weighted by Gasteiger charge is -2.02. The van der Waals surface area contributed by atoms with Gasteiger partial charge in [0.1, 0.15) is 0 Å². The number of ether oxygens (including phenoxy) is 1. The second kappa shape index (κ2) is 3.73. The van der Waals surface area contributed by atoms with Crippen molar-refractivity contribution in [2.45, 2.75) is 0 Å². The highest BCUT2D eigenvalue weighted by atomic mass is 19.2. The molecule has 1 N–H and O–H groups in total. The second-order valence-electron chi connectivity index (χ2n) is 2.95. The van der Waals surface area contributed by atoms with E-state index in [2.05, 4.69) is 9.72 Å². The molecule has 2 rings (SSSR count). The number of carboxylic acid groups (broad SMARTS) is 1. The first kappa shape index (κ1) is 10.3. The maximum Gasteiger partial charge on any atom is 0.512 e. The van der Waals surface area contributed by atoms with Gasteiger partial charge in [-0.25, -0.2) is 18.6 Å². The maximum absolute atomic E-state index is 13.2. The number of hydrogen-bond acceptors (Lipinski definition) is 3. The molecule has 0 unspecified atom stereocenters. The molecule has 0 spiro atoms. The Hall–Kier alpha value is -2.24. The first-order chi connectivity index (χ1) is 7.58. The van der Waals surface area contributed by atoms with E-state index >= 15 is 0 Å². The van der Waals surface area contributed by atoms with Crippen LogP contribution in [0.1, 0.15) is 0 Å². The molecule has 0 aliphatic heterocycles. The predicted octanol–water partition coefficient (Wildman–Crippen LogP) is 2.57. The van der Waals surface area contributed by atoms with E-state index in [0.29, 0.717) is 0 Å². The highest BCUT2D eigenvalue weighted by Gasteiger charge is 2.09. The Kier molecular flexibility index (Phi) is 2.40. The normalized spacial score (nSPS) is 10.4. The highest BCUT2D eigenvalue weighted by molar-refractivity contribution is 5.80. The molecule has 0 aliphatic carbocycles. The molecule has 0 saturated carbocycles. The molecule has 0 atom stereocenters. The van der Waals surface area contributed by atoms with Crippen LogP contribution in [-0.2, 0) is 0 Å². The van der Waals surface area contributed by atoms with Crippen molar-refractivity contribution in [1.82, 2.24) is 4.98 Å². The van der Waals surface area contributed by atoms with E-state index in [4.69, 9.17) is 5.11 Å². The van der Waals surface area contributed by atoms with Crippen LogP contribution in [0.4, 0.5) is 13.6 Å². The molecule has 6 heteroatoms. The molecular weight excluding hydrogens is 220 g/mol. The van der Waals surface area contributed by atoms with Crippen molar-refractivity contribution in [2.75, 3.05) is 0 Å². The van der Waals surface area contributed by atoms with Crippen LogP contribution in [0.25, 0.3) is 10.9 Å². The predicted molar refractivity (Wildman–Crippen MR) is 50.3 cm³/mol. The molecule has 16 heavy (non-hydrogen) atoms. The minimum absolute atomic E-state index is 0.0299. The summed E-state index contributed by atoms with van der Waals surface area (Å²) in [6.45, 7) is 0. The Morgan fingerprint density at radius 3 is 2.69 bits per heavy atom. The standard InChI is InChI=1S/C10H5F2NO3/c11-6-2-3-7-5(9(6)12)1-4-8(13-7)16-10(14)15/h1-4H,(H,14,15). The Morgan fingerprint density at radius 1 is 1.25 bits per heavy atom. The molecule has 0 bridgehead atoms. The van der Waals surface area contributed by atoms with Gasteiger partial charge >= 0.3 is 6.16 Å². The third kappa shape index (κ3) is 1.77. The van der Waals surface area contributed by atoms with Crippen LogP contribution in [0.2, 0.25) is 0 Å². The molecule has 1 heterocycles. The molecule has 82 valence electrons. The third-order valence-corrected chi connectivity index (χ3v) is 1.92.